The summed E-state index contributed by atoms with van der Waals surface area (Å²) in [6.07, 6.45) is 0.690. The Morgan fingerprint density at radius 2 is 1.68 bits per heavy atom. The van der Waals surface area contributed by atoms with E-state index in [9.17, 15) is 18.3 Å². The van der Waals surface area contributed by atoms with Crippen molar-refractivity contribution in [3.05, 3.63) is 66.2 Å². The van der Waals surface area contributed by atoms with Gasteiger partial charge in [-0.3, -0.25) is 4.72 Å². The molecule has 0 aliphatic carbocycles. The van der Waals surface area contributed by atoms with E-state index in [-0.39, 0.29) is 16.1 Å². The number of para-hydroxylation sites is 1. The number of carbonyl (C=O) groups is 1. The molecule has 5 N–H and O–H groups in total. The summed E-state index contributed by atoms with van der Waals surface area (Å²) in [4.78, 5) is 11.9. The van der Waals surface area contributed by atoms with Crippen LogP contribution in [-0.4, -0.2) is 32.6 Å². The maximum Gasteiger partial charge on any atom is 0.338 e. The molecular formula is C20H21N3O4S. The minimum absolute atomic E-state index is 0.0166. The van der Waals surface area contributed by atoms with Gasteiger partial charge < -0.3 is 16.2 Å². The number of nitrogens with one attached hydrogen (secondary N) is 2. The van der Waals surface area contributed by atoms with Crippen molar-refractivity contribution in [1.82, 2.24) is 0 Å². The van der Waals surface area contributed by atoms with Crippen LogP contribution in [0, 0.1) is 0 Å². The van der Waals surface area contributed by atoms with Crippen molar-refractivity contribution >= 4 is 38.1 Å². The van der Waals surface area contributed by atoms with Crippen molar-refractivity contribution < 1.29 is 18.3 Å². The second-order valence-corrected chi connectivity index (χ2v) is 7.84. The molecule has 0 aliphatic heterocycles. The molecule has 8 heteroatoms. The van der Waals surface area contributed by atoms with Crippen LogP contribution in [0.3, 0.4) is 0 Å². The van der Waals surface area contributed by atoms with Gasteiger partial charge in [-0.25, -0.2) is 13.2 Å². The highest BCUT2D eigenvalue weighted by Crippen LogP contribution is 2.30. The molecule has 0 fully saturated rings. The third kappa shape index (κ3) is 4.08. The van der Waals surface area contributed by atoms with Crippen molar-refractivity contribution in [2.45, 2.75) is 11.3 Å². The average molecular weight is 399 g/mol. The van der Waals surface area contributed by atoms with Crippen molar-refractivity contribution in [3.63, 3.8) is 0 Å². The summed E-state index contributed by atoms with van der Waals surface area (Å²) >= 11 is 0. The van der Waals surface area contributed by atoms with Gasteiger partial charge in [0.1, 0.15) is 4.90 Å². The monoisotopic (exact) mass is 399 g/mol. The Hall–Kier alpha value is -3.10. The summed E-state index contributed by atoms with van der Waals surface area (Å²) in [6, 6.07) is 16.5. The van der Waals surface area contributed by atoms with Crippen LogP contribution >= 0.6 is 0 Å². The van der Waals surface area contributed by atoms with Gasteiger partial charge in [-0.05, 0) is 41.9 Å². The number of sulfonamides is 1. The number of anilines is 2. The zero-order valence-corrected chi connectivity index (χ0v) is 15.9. The maximum atomic E-state index is 13.0. The molecule has 0 atom stereocenters. The minimum atomic E-state index is -4.01. The number of hydrogen-bond donors (Lipinski definition) is 4. The lowest BCUT2D eigenvalue weighted by Gasteiger charge is -2.16. The SMILES string of the molecule is NCCCNc1ccccc1S(=O)(=O)Nc1ccc2ccccc2c1C(=O)O. The van der Waals surface area contributed by atoms with Crippen molar-refractivity contribution in [3.8, 4) is 0 Å². The molecule has 3 rings (SSSR count). The van der Waals surface area contributed by atoms with Gasteiger partial charge in [0.15, 0.2) is 0 Å². The summed E-state index contributed by atoms with van der Waals surface area (Å²) in [6.45, 7) is 1.01. The van der Waals surface area contributed by atoms with Gasteiger partial charge in [0.25, 0.3) is 10.0 Å². The average Bonchev–Trinajstić information content (AvgIpc) is 2.67. The first-order chi connectivity index (χ1) is 13.4. The molecule has 0 bridgehead atoms. The normalized spacial score (nSPS) is 11.3. The van der Waals surface area contributed by atoms with E-state index in [0.29, 0.717) is 36.0 Å². The van der Waals surface area contributed by atoms with Crippen LogP contribution in [0.4, 0.5) is 11.4 Å². The summed E-state index contributed by atoms with van der Waals surface area (Å²) in [5.74, 6) is -1.20. The van der Waals surface area contributed by atoms with Gasteiger partial charge in [-0.2, -0.15) is 0 Å². The van der Waals surface area contributed by atoms with E-state index in [1.54, 1.807) is 48.5 Å². The predicted octanol–water partition coefficient (Wildman–Crippen LogP) is 3.10. The topological polar surface area (TPSA) is 122 Å². The van der Waals surface area contributed by atoms with Crippen LogP contribution in [-0.2, 0) is 10.0 Å². The Bertz CT molecular complexity index is 1110. The number of hydrogen-bond acceptors (Lipinski definition) is 5. The van der Waals surface area contributed by atoms with Gasteiger partial charge in [-0.15, -0.1) is 0 Å². The van der Waals surface area contributed by atoms with Crippen LogP contribution in [0.1, 0.15) is 16.8 Å². The van der Waals surface area contributed by atoms with E-state index < -0.39 is 16.0 Å². The fraction of sp³-hybridized carbons (Fsp3) is 0.150. The standard InChI is InChI=1S/C20H21N3O4S/c21-12-5-13-22-16-8-3-4-9-18(16)28(26,27)23-17-11-10-14-6-1-2-7-15(14)19(17)20(24)25/h1-4,6-11,22-23H,5,12-13,21H2,(H,24,25). The van der Waals surface area contributed by atoms with Crippen molar-refractivity contribution in [1.29, 1.82) is 0 Å². The quantitative estimate of drug-likeness (QED) is 0.432. The van der Waals surface area contributed by atoms with E-state index in [4.69, 9.17) is 5.73 Å². The molecule has 0 heterocycles. The smallest absolute Gasteiger partial charge is 0.338 e. The number of benzene rings is 3. The Labute approximate surface area is 163 Å². The zero-order chi connectivity index (χ0) is 20.1. The number of carboxylic acid groups (broad SMARTS) is 1. The molecule has 0 radical (unpaired) electrons. The highest BCUT2D eigenvalue weighted by molar-refractivity contribution is 7.92. The van der Waals surface area contributed by atoms with Gasteiger partial charge in [0.05, 0.1) is 16.9 Å². The Morgan fingerprint density at radius 1 is 0.964 bits per heavy atom. The van der Waals surface area contributed by atoms with Crippen molar-refractivity contribution in [2.24, 2.45) is 5.73 Å². The highest BCUT2D eigenvalue weighted by atomic mass is 32.2. The van der Waals surface area contributed by atoms with Gasteiger partial charge in [0, 0.05) is 6.54 Å². The van der Waals surface area contributed by atoms with E-state index >= 15 is 0 Å². The molecule has 3 aromatic carbocycles. The van der Waals surface area contributed by atoms with Gasteiger partial charge in [0.2, 0.25) is 0 Å². The summed E-state index contributed by atoms with van der Waals surface area (Å²) < 4.78 is 28.4. The summed E-state index contributed by atoms with van der Waals surface area (Å²) in [5.41, 5.74) is 5.84. The predicted molar refractivity (Wildman–Crippen MR) is 110 cm³/mol. The first kappa shape index (κ1) is 19.7. The van der Waals surface area contributed by atoms with E-state index in [0.717, 1.165) is 0 Å². The molecular weight excluding hydrogens is 378 g/mol. The largest absolute Gasteiger partial charge is 0.478 e. The molecule has 0 aliphatic rings. The third-order valence-corrected chi connectivity index (χ3v) is 5.68. The second kappa shape index (κ2) is 8.28. The molecule has 7 nitrogen and oxygen atoms in total. The van der Waals surface area contributed by atoms with Gasteiger partial charge >= 0.3 is 5.97 Å². The first-order valence-electron chi connectivity index (χ1n) is 8.75. The number of nitrogens with two attached hydrogens (primary N) is 1. The Balaban J connectivity index is 2.02. The molecule has 0 unspecified atom stereocenters. The zero-order valence-electron chi connectivity index (χ0n) is 15.1. The number of carboxylic acids is 1. The lowest BCUT2D eigenvalue weighted by molar-refractivity contribution is 0.0700. The van der Waals surface area contributed by atoms with Crippen LogP contribution in [0.2, 0.25) is 0 Å². The number of rotatable bonds is 8. The minimum Gasteiger partial charge on any atom is -0.478 e. The summed E-state index contributed by atoms with van der Waals surface area (Å²) in [7, 11) is -4.01. The second-order valence-electron chi connectivity index (χ2n) is 6.19. The molecule has 0 aromatic heterocycles. The molecule has 0 spiro atoms. The lowest BCUT2D eigenvalue weighted by atomic mass is 10.0. The molecule has 0 saturated heterocycles. The number of fused-ring (bicyclic) bond motifs is 1. The number of aromatic carboxylic acids is 1. The lowest BCUT2D eigenvalue weighted by Crippen LogP contribution is -2.18. The maximum absolute atomic E-state index is 13.0. The fourth-order valence-electron chi connectivity index (χ4n) is 2.96. The third-order valence-electron chi connectivity index (χ3n) is 4.26. The molecule has 146 valence electrons. The van der Waals surface area contributed by atoms with Gasteiger partial charge in [-0.1, -0.05) is 42.5 Å². The summed E-state index contributed by atoms with van der Waals surface area (Å²) in [5, 5.41) is 13.9. The van der Waals surface area contributed by atoms with E-state index in [1.807, 2.05) is 0 Å². The Kier molecular flexibility index (Phi) is 5.81. The van der Waals surface area contributed by atoms with Crippen LogP contribution in [0.25, 0.3) is 10.8 Å². The Morgan fingerprint density at radius 3 is 2.43 bits per heavy atom. The molecule has 0 amide bonds. The molecule has 0 saturated carbocycles. The molecule has 3 aromatic rings. The van der Waals surface area contributed by atoms with E-state index in [1.165, 1.54) is 12.1 Å². The van der Waals surface area contributed by atoms with Crippen LogP contribution < -0.4 is 15.8 Å². The van der Waals surface area contributed by atoms with Crippen LogP contribution in [0.5, 0.6) is 0 Å². The van der Waals surface area contributed by atoms with E-state index in [2.05, 4.69) is 10.0 Å². The first-order valence-corrected chi connectivity index (χ1v) is 10.2. The fourth-order valence-corrected chi connectivity index (χ4v) is 4.22. The van der Waals surface area contributed by atoms with Crippen molar-refractivity contribution in [2.75, 3.05) is 23.1 Å². The van der Waals surface area contributed by atoms with Crippen LogP contribution in [0.15, 0.2) is 65.6 Å². The highest BCUT2D eigenvalue weighted by Gasteiger charge is 2.22. The molecule has 28 heavy (non-hydrogen) atoms.